The van der Waals surface area contributed by atoms with E-state index in [1.807, 2.05) is 24.3 Å². The number of carbonyl (C=O) groups excluding carboxylic acids is 2. The topological polar surface area (TPSA) is 136 Å². The summed E-state index contributed by atoms with van der Waals surface area (Å²) in [6.45, 7) is 4.58. The molecule has 3 heterocycles. The Morgan fingerprint density at radius 2 is 1.67 bits per heavy atom. The molecule has 3 unspecified atom stereocenters. The van der Waals surface area contributed by atoms with Crippen molar-refractivity contribution >= 4 is 17.4 Å². The summed E-state index contributed by atoms with van der Waals surface area (Å²) in [6, 6.07) is 20.2. The van der Waals surface area contributed by atoms with Gasteiger partial charge in [0.05, 0.1) is 25.7 Å². The summed E-state index contributed by atoms with van der Waals surface area (Å²) in [5.41, 5.74) is 8.32. The molecule has 4 aromatic carbocycles. The molecule has 0 aliphatic carbocycles. The van der Waals surface area contributed by atoms with Crippen molar-refractivity contribution in [2.24, 2.45) is 5.92 Å². The average molecular weight is 626 g/mol. The Balaban J connectivity index is 0.000000187. The van der Waals surface area contributed by atoms with E-state index in [4.69, 9.17) is 34.2 Å². The van der Waals surface area contributed by atoms with Crippen LogP contribution < -0.4 is 34.2 Å². The summed E-state index contributed by atoms with van der Waals surface area (Å²) < 4.78 is 34.2. The van der Waals surface area contributed by atoms with Gasteiger partial charge in [0.25, 0.3) is 0 Å². The van der Waals surface area contributed by atoms with E-state index in [0.29, 0.717) is 52.5 Å². The molecule has 0 saturated carbocycles. The first-order valence-electron chi connectivity index (χ1n) is 15.0. The highest BCUT2D eigenvalue weighted by atomic mass is 16.5. The van der Waals surface area contributed by atoms with Crippen LogP contribution in [0.3, 0.4) is 0 Å². The van der Waals surface area contributed by atoms with Gasteiger partial charge in [-0.1, -0.05) is 32.0 Å². The van der Waals surface area contributed by atoms with E-state index in [-0.39, 0.29) is 29.3 Å². The van der Waals surface area contributed by atoms with Gasteiger partial charge in [0.15, 0.2) is 17.3 Å². The van der Waals surface area contributed by atoms with Crippen molar-refractivity contribution in [2.75, 3.05) is 26.6 Å². The van der Waals surface area contributed by atoms with Crippen molar-refractivity contribution in [1.29, 1.82) is 0 Å². The number of rotatable bonds is 5. The van der Waals surface area contributed by atoms with E-state index in [1.165, 1.54) is 18.2 Å². The van der Waals surface area contributed by atoms with E-state index in [1.54, 1.807) is 44.6 Å². The number of phenolic OH excluding ortho intramolecular Hbond substituents is 1. The molecule has 3 aliphatic heterocycles. The first-order valence-corrected chi connectivity index (χ1v) is 15.0. The van der Waals surface area contributed by atoms with Crippen molar-refractivity contribution in [3.05, 3.63) is 95.1 Å². The number of ketones is 1. The second-order valence-electron chi connectivity index (χ2n) is 11.6. The van der Waals surface area contributed by atoms with E-state index in [9.17, 15) is 14.7 Å². The summed E-state index contributed by atoms with van der Waals surface area (Å²) in [5.74, 6) is 2.86. The van der Waals surface area contributed by atoms with Crippen LogP contribution in [0.1, 0.15) is 51.6 Å². The summed E-state index contributed by atoms with van der Waals surface area (Å²) in [7, 11) is 3.16. The second-order valence-corrected chi connectivity index (χ2v) is 11.6. The van der Waals surface area contributed by atoms with Gasteiger partial charge in [-0.25, -0.2) is 4.79 Å². The number of carbonyl (C=O) groups is 2. The minimum absolute atomic E-state index is 0.0452. The Bertz CT molecular complexity index is 1790. The van der Waals surface area contributed by atoms with Crippen molar-refractivity contribution in [2.45, 2.75) is 38.4 Å². The number of anilines is 1. The third-order valence-electron chi connectivity index (χ3n) is 8.28. The van der Waals surface area contributed by atoms with Crippen molar-refractivity contribution < 1.29 is 43.1 Å². The van der Waals surface area contributed by atoms with E-state index in [0.717, 1.165) is 23.3 Å². The minimum Gasteiger partial charge on any atom is -0.507 e. The molecule has 46 heavy (non-hydrogen) atoms. The number of phenols is 1. The van der Waals surface area contributed by atoms with Crippen LogP contribution in [0, 0.1) is 5.92 Å². The highest BCUT2D eigenvalue weighted by Crippen LogP contribution is 2.50. The Morgan fingerprint density at radius 3 is 2.37 bits per heavy atom. The molecule has 4 aromatic rings. The number of nitrogen functional groups attached to an aromatic ring is 1. The van der Waals surface area contributed by atoms with E-state index < -0.39 is 11.9 Å². The predicted molar refractivity (Wildman–Crippen MR) is 170 cm³/mol. The number of esters is 1. The van der Waals surface area contributed by atoms with Crippen LogP contribution in [-0.2, 0) is 6.42 Å². The van der Waals surface area contributed by atoms with Crippen LogP contribution in [0.5, 0.6) is 40.2 Å². The van der Waals surface area contributed by atoms with Crippen LogP contribution in [-0.4, -0.2) is 49.9 Å². The predicted octanol–water partition coefficient (Wildman–Crippen LogP) is 5.98. The largest absolute Gasteiger partial charge is 0.507 e. The van der Waals surface area contributed by atoms with Gasteiger partial charge in [0.2, 0.25) is 0 Å². The number of para-hydroxylation sites is 1. The Kier molecular flexibility index (Phi) is 8.36. The number of fused-ring (bicyclic) bond motifs is 6. The molecule has 0 bridgehead atoms. The zero-order valence-electron chi connectivity index (χ0n) is 25.9. The molecule has 7 rings (SSSR count). The monoisotopic (exact) mass is 625 g/mol. The number of methoxy groups -OCH3 is 2. The fraction of sp³-hybridized carbons (Fsp3) is 0.278. The van der Waals surface area contributed by atoms with Gasteiger partial charge in [-0.2, -0.15) is 0 Å². The molecule has 0 saturated heterocycles. The lowest BCUT2D eigenvalue weighted by Crippen LogP contribution is -2.43. The number of benzene rings is 4. The molecular formula is C36H35NO9. The maximum Gasteiger partial charge on any atom is 0.347 e. The molecule has 0 radical (unpaired) electrons. The number of hydrogen-bond acceptors (Lipinski definition) is 10. The molecule has 10 heteroatoms. The lowest BCUT2D eigenvalue weighted by atomic mass is 9.81. The van der Waals surface area contributed by atoms with Crippen LogP contribution in [0.2, 0.25) is 0 Å². The van der Waals surface area contributed by atoms with Gasteiger partial charge in [0, 0.05) is 35.4 Å². The minimum atomic E-state index is -0.617. The first kappa shape index (κ1) is 30.6. The molecule has 0 fully saturated rings. The summed E-state index contributed by atoms with van der Waals surface area (Å²) in [6.07, 6.45) is 0.474. The Morgan fingerprint density at radius 1 is 0.935 bits per heavy atom. The molecule has 3 N–H and O–H groups in total. The van der Waals surface area contributed by atoms with E-state index >= 15 is 0 Å². The van der Waals surface area contributed by atoms with Gasteiger partial charge in [-0.05, 0) is 48.4 Å². The smallest absolute Gasteiger partial charge is 0.347 e. The zero-order valence-corrected chi connectivity index (χ0v) is 25.9. The van der Waals surface area contributed by atoms with Crippen LogP contribution in [0.15, 0.2) is 72.8 Å². The normalized spacial score (nSPS) is 18.6. The molecule has 238 valence electrons. The number of ether oxygens (including phenoxy) is 6. The third kappa shape index (κ3) is 5.74. The van der Waals surface area contributed by atoms with Gasteiger partial charge >= 0.3 is 5.97 Å². The number of aromatic hydroxyl groups is 1. The summed E-state index contributed by atoms with van der Waals surface area (Å²) >= 11 is 0. The van der Waals surface area contributed by atoms with Crippen molar-refractivity contribution in [3.8, 4) is 40.2 Å². The molecule has 0 amide bonds. The van der Waals surface area contributed by atoms with Gasteiger partial charge in [-0.3, -0.25) is 4.79 Å². The molecule has 3 atom stereocenters. The third-order valence-corrected chi connectivity index (χ3v) is 8.28. The second kappa shape index (κ2) is 12.5. The van der Waals surface area contributed by atoms with Crippen LogP contribution in [0.25, 0.3) is 0 Å². The SMILES string of the molecule is COc1cc2c(cc1OC)C1C(=O)c3ccc4c(c3OC1CO2)CC(C(C)C)O4.Nc1ccc(C(=O)Oc2ccccc2)c(O)c1. The number of nitrogens with two attached hydrogens (primary N) is 1. The molecule has 10 nitrogen and oxygen atoms in total. The van der Waals surface area contributed by atoms with Crippen LogP contribution in [0.4, 0.5) is 5.69 Å². The zero-order chi connectivity index (χ0) is 32.5. The standard InChI is InChI=1S/C23H24O6.C13H11NO3/c1-11(2)16-8-14-15(28-16)6-5-12-22(24)21-13-7-18(25-3)19(26-4)9-17(13)27-10-20(21)29-23(12)14;14-9-6-7-11(12(15)8-9)13(16)17-10-4-2-1-3-5-10/h5-7,9,11,16,20-21H,8,10H2,1-4H3;1-8,15H,14H2. The lowest BCUT2D eigenvalue weighted by molar-refractivity contribution is 0.0554. The Labute approximate surface area is 266 Å². The number of Topliss-reactive ketones (excluding diaryl/α,β-unsaturated/α-hetero) is 1. The maximum absolute atomic E-state index is 13.5. The van der Waals surface area contributed by atoms with Crippen molar-refractivity contribution in [3.63, 3.8) is 0 Å². The lowest BCUT2D eigenvalue weighted by Gasteiger charge is -2.37. The molecular weight excluding hydrogens is 590 g/mol. The Hall–Kier alpha value is -5.38. The van der Waals surface area contributed by atoms with Crippen molar-refractivity contribution in [1.82, 2.24) is 0 Å². The van der Waals surface area contributed by atoms with E-state index in [2.05, 4.69) is 13.8 Å². The summed E-state index contributed by atoms with van der Waals surface area (Å²) in [4.78, 5) is 25.3. The molecule has 0 spiro atoms. The highest BCUT2D eigenvalue weighted by molar-refractivity contribution is 6.06. The first-order chi connectivity index (χ1) is 22.2. The van der Waals surface area contributed by atoms with Gasteiger partial charge in [-0.15, -0.1) is 0 Å². The van der Waals surface area contributed by atoms with Gasteiger partial charge in [0.1, 0.15) is 53.1 Å². The van der Waals surface area contributed by atoms with Crippen LogP contribution >= 0.6 is 0 Å². The number of hydrogen-bond donors (Lipinski definition) is 2. The quantitative estimate of drug-likeness (QED) is 0.155. The molecule has 3 aliphatic rings. The average Bonchev–Trinajstić information content (AvgIpc) is 3.50. The fourth-order valence-electron chi connectivity index (χ4n) is 5.84. The van der Waals surface area contributed by atoms with Gasteiger partial charge < -0.3 is 39.3 Å². The fourth-order valence-corrected chi connectivity index (χ4v) is 5.84. The summed E-state index contributed by atoms with van der Waals surface area (Å²) in [5, 5.41) is 9.56. The molecule has 0 aromatic heterocycles. The maximum atomic E-state index is 13.5. The highest BCUT2D eigenvalue weighted by Gasteiger charge is 2.45.